The lowest BCUT2D eigenvalue weighted by Gasteiger charge is -2.10. The molecule has 1 aromatic rings. The first kappa shape index (κ1) is 16.5. The van der Waals surface area contributed by atoms with Crippen LogP contribution in [0.2, 0.25) is 0 Å². The van der Waals surface area contributed by atoms with Gasteiger partial charge in [0.25, 0.3) is 0 Å². The van der Waals surface area contributed by atoms with E-state index in [4.69, 9.17) is 11.6 Å². The summed E-state index contributed by atoms with van der Waals surface area (Å²) >= 11 is 9.44. The molecule has 0 aromatic carbocycles. The summed E-state index contributed by atoms with van der Waals surface area (Å²) < 4.78 is 7.53. The Bertz CT molecular complexity index is 437. The summed E-state index contributed by atoms with van der Waals surface area (Å²) in [5, 5.41) is 6.97. The topological polar surface area (TPSA) is 56.2 Å². The second-order valence-electron chi connectivity index (χ2n) is 4.00. The van der Waals surface area contributed by atoms with E-state index < -0.39 is 11.3 Å². The number of carbonyl (C=O) groups excluding carboxylic acids is 1. The van der Waals surface area contributed by atoms with Crippen molar-refractivity contribution in [3.8, 4) is 0 Å². The van der Waals surface area contributed by atoms with Crippen LogP contribution >= 0.6 is 27.5 Å². The molecule has 1 unspecified atom stereocenters. The van der Waals surface area contributed by atoms with Crippen molar-refractivity contribution in [1.29, 1.82) is 0 Å². The summed E-state index contributed by atoms with van der Waals surface area (Å²) in [6.07, 6.45) is 0.876. The Morgan fingerprint density at radius 3 is 2.79 bits per heavy atom. The van der Waals surface area contributed by atoms with Gasteiger partial charge in [-0.25, -0.2) is 0 Å². The van der Waals surface area contributed by atoms with Crippen LogP contribution in [-0.2, 0) is 29.0 Å². The van der Waals surface area contributed by atoms with Gasteiger partial charge in [-0.1, -0.05) is 6.92 Å². The van der Waals surface area contributed by atoms with Crippen molar-refractivity contribution in [3.63, 3.8) is 0 Å². The van der Waals surface area contributed by atoms with E-state index in [0.717, 1.165) is 28.8 Å². The van der Waals surface area contributed by atoms with Crippen LogP contribution in [0.5, 0.6) is 0 Å². The summed E-state index contributed by atoms with van der Waals surface area (Å²) in [5.74, 6) is -0.425. The maximum absolute atomic E-state index is 11.2. The van der Waals surface area contributed by atoms with E-state index in [0.29, 0.717) is 13.1 Å². The Hall–Kier alpha value is -0.590. The monoisotopic (exact) mass is 351 g/mol. The van der Waals surface area contributed by atoms with Crippen molar-refractivity contribution < 1.29 is 9.53 Å². The molecule has 0 aliphatic carbocycles. The fourth-order valence-corrected chi connectivity index (χ4v) is 2.62. The van der Waals surface area contributed by atoms with E-state index in [1.165, 1.54) is 7.11 Å². The van der Waals surface area contributed by atoms with Gasteiger partial charge in [-0.15, -0.1) is 11.6 Å². The lowest BCUT2D eigenvalue weighted by molar-refractivity contribution is -0.140. The van der Waals surface area contributed by atoms with Gasteiger partial charge in [0.1, 0.15) is 5.38 Å². The molecule has 1 aromatic heterocycles. The van der Waals surface area contributed by atoms with Crippen molar-refractivity contribution in [2.45, 2.75) is 38.7 Å². The van der Waals surface area contributed by atoms with Crippen LogP contribution in [0, 0.1) is 0 Å². The van der Waals surface area contributed by atoms with Gasteiger partial charge in [0, 0.05) is 19.6 Å². The predicted molar refractivity (Wildman–Crippen MR) is 78.3 cm³/mol. The summed E-state index contributed by atoms with van der Waals surface area (Å²) in [4.78, 5) is 11.2. The zero-order chi connectivity index (χ0) is 14.4. The van der Waals surface area contributed by atoms with Crippen LogP contribution in [0.3, 0.4) is 0 Å². The van der Waals surface area contributed by atoms with Crippen LogP contribution in [0.15, 0.2) is 4.47 Å². The molecule has 19 heavy (non-hydrogen) atoms. The number of hydrogen-bond acceptors (Lipinski definition) is 4. The fourth-order valence-electron chi connectivity index (χ4n) is 1.71. The third kappa shape index (κ3) is 4.19. The average Bonchev–Trinajstić information content (AvgIpc) is 2.74. The minimum Gasteiger partial charge on any atom is -0.468 e. The summed E-state index contributed by atoms with van der Waals surface area (Å²) in [6, 6.07) is 0. The highest BCUT2D eigenvalue weighted by molar-refractivity contribution is 9.10. The van der Waals surface area contributed by atoms with Crippen LogP contribution < -0.4 is 5.32 Å². The molecule has 0 aliphatic rings. The van der Waals surface area contributed by atoms with E-state index in [1.54, 1.807) is 0 Å². The molecule has 0 bridgehead atoms. The average molecular weight is 353 g/mol. The molecule has 108 valence electrons. The van der Waals surface area contributed by atoms with Crippen LogP contribution in [0.1, 0.15) is 25.2 Å². The highest BCUT2D eigenvalue weighted by Crippen LogP contribution is 2.22. The van der Waals surface area contributed by atoms with Gasteiger partial charge in [-0.2, -0.15) is 5.10 Å². The maximum Gasteiger partial charge on any atom is 0.325 e. The number of rotatable bonds is 7. The Kier molecular flexibility index (Phi) is 6.82. The fraction of sp³-hybridized carbons (Fsp3) is 0.667. The number of ether oxygens (including phenoxy) is 1. The molecule has 0 fully saturated rings. The Labute approximate surface area is 126 Å². The molecule has 5 nitrogen and oxygen atoms in total. The molecule has 0 radical (unpaired) electrons. The molecule has 0 aliphatic heterocycles. The number of aryl methyl sites for hydroxylation is 2. The number of aromatic nitrogens is 2. The Morgan fingerprint density at radius 1 is 1.58 bits per heavy atom. The van der Waals surface area contributed by atoms with E-state index in [1.807, 2.05) is 11.6 Å². The minimum absolute atomic E-state index is 0.358. The van der Waals surface area contributed by atoms with Gasteiger partial charge < -0.3 is 10.1 Å². The minimum atomic E-state index is -0.674. The molecular weight excluding hydrogens is 334 g/mol. The SMILES string of the molecule is CCc1nn(CC)c(CNCC(Cl)C(=O)OC)c1Br. The zero-order valence-corrected chi connectivity index (χ0v) is 13.7. The van der Waals surface area contributed by atoms with Crippen molar-refractivity contribution in [2.24, 2.45) is 0 Å². The Morgan fingerprint density at radius 2 is 2.26 bits per heavy atom. The highest BCUT2D eigenvalue weighted by atomic mass is 79.9. The highest BCUT2D eigenvalue weighted by Gasteiger charge is 2.17. The van der Waals surface area contributed by atoms with Gasteiger partial charge in [-0.05, 0) is 29.3 Å². The second kappa shape index (κ2) is 7.87. The van der Waals surface area contributed by atoms with Gasteiger partial charge in [0.05, 0.1) is 23.0 Å². The quantitative estimate of drug-likeness (QED) is 0.603. The largest absolute Gasteiger partial charge is 0.468 e. The lowest BCUT2D eigenvalue weighted by atomic mass is 10.3. The third-order valence-electron chi connectivity index (χ3n) is 2.77. The first-order chi connectivity index (χ1) is 9.04. The molecule has 1 N–H and O–H groups in total. The molecule has 1 atom stereocenters. The number of halogens is 2. The third-order valence-corrected chi connectivity index (χ3v) is 4.01. The molecular formula is C12H19BrClN3O2. The van der Waals surface area contributed by atoms with Crippen molar-refractivity contribution >= 4 is 33.5 Å². The molecule has 0 amide bonds. The normalized spacial score (nSPS) is 12.5. The molecule has 7 heteroatoms. The van der Waals surface area contributed by atoms with E-state index in [2.05, 4.69) is 38.0 Å². The van der Waals surface area contributed by atoms with Crippen LogP contribution in [0.4, 0.5) is 0 Å². The van der Waals surface area contributed by atoms with E-state index in [-0.39, 0.29) is 0 Å². The zero-order valence-electron chi connectivity index (χ0n) is 11.4. The number of hydrogen-bond donors (Lipinski definition) is 1. The van der Waals surface area contributed by atoms with Gasteiger partial charge >= 0.3 is 5.97 Å². The number of esters is 1. The van der Waals surface area contributed by atoms with Crippen LogP contribution in [-0.4, -0.2) is 34.8 Å². The van der Waals surface area contributed by atoms with Crippen molar-refractivity contribution in [1.82, 2.24) is 15.1 Å². The predicted octanol–water partition coefficient (Wildman–Crippen LogP) is 2.10. The second-order valence-corrected chi connectivity index (χ2v) is 5.32. The first-order valence-electron chi connectivity index (χ1n) is 6.21. The molecule has 0 saturated carbocycles. The van der Waals surface area contributed by atoms with E-state index in [9.17, 15) is 4.79 Å². The first-order valence-corrected chi connectivity index (χ1v) is 7.44. The van der Waals surface area contributed by atoms with Gasteiger partial charge in [0.15, 0.2) is 0 Å². The van der Waals surface area contributed by atoms with Crippen molar-refractivity contribution in [3.05, 3.63) is 15.9 Å². The van der Waals surface area contributed by atoms with Gasteiger partial charge in [-0.3, -0.25) is 9.48 Å². The maximum atomic E-state index is 11.2. The lowest BCUT2D eigenvalue weighted by Crippen LogP contribution is -2.30. The number of nitrogens with zero attached hydrogens (tertiary/aromatic N) is 2. The smallest absolute Gasteiger partial charge is 0.325 e. The van der Waals surface area contributed by atoms with Crippen LogP contribution in [0.25, 0.3) is 0 Å². The van der Waals surface area contributed by atoms with E-state index >= 15 is 0 Å². The molecule has 0 saturated heterocycles. The number of alkyl halides is 1. The van der Waals surface area contributed by atoms with Crippen molar-refractivity contribution in [2.75, 3.05) is 13.7 Å². The summed E-state index contributed by atoms with van der Waals surface area (Å²) in [6.45, 7) is 5.87. The molecule has 0 spiro atoms. The molecule has 1 heterocycles. The summed E-state index contributed by atoms with van der Waals surface area (Å²) in [7, 11) is 1.33. The number of carbonyl (C=O) groups is 1. The van der Waals surface area contributed by atoms with Gasteiger partial charge in [0.2, 0.25) is 0 Å². The molecule has 1 rings (SSSR count). The summed E-state index contributed by atoms with van der Waals surface area (Å²) in [5.41, 5.74) is 2.10. The number of nitrogens with one attached hydrogen (secondary N) is 1. The number of methoxy groups -OCH3 is 1. The standard InChI is InChI=1S/C12H19BrClN3O2/c1-4-9-11(13)10(17(5-2)16-9)7-15-6-8(14)12(18)19-3/h8,15H,4-7H2,1-3H3. The Balaban J connectivity index is 2.62.